The first-order valence-corrected chi connectivity index (χ1v) is 4.86. The van der Waals surface area contributed by atoms with E-state index in [1.165, 1.54) is 11.5 Å². The molecule has 15 heavy (non-hydrogen) atoms. The van der Waals surface area contributed by atoms with Crippen molar-refractivity contribution in [1.82, 2.24) is 10.3 Å². The van der Waals surface area contributed by atoms with Gasteiger partial charge in [-0.3, -0.25) is 5.32 Å². The molecule has 0 atom stereocenters. The van der Waals surface area contributed by atoms with Gasteiger partial charge >= 0.3 is 12.0 Å². The van der Waals surface area contributed by atoms with E-state index in [4.69, 9.17) is 5.11 Å². The second-order valence-electron chi connectivity index (χ2n) is 2.47. The van der Waals surface area contributed by atoms with E-state index < -0.39 is 12.0 Å². The van der Waals surface area contributed by atoms with Crippen molar-refractivity contribution in [1.29, 1.82) is 0 Å². The van der Waals surface area contributed by atoms with Gasteiger partial charge in [0, 0.05) is 11.9 Å². The first-order valence-electron chi connectivity index (χ1n) is 3.98. The summed E-state index contributed by atoms with van der Waals surface area (Å²) < 4.78 is 0. The van der Waals surface area contributed by atoms with Gasteiger partial charge in [0.05, 0.1) is 0 Å². The minimum absolute atomic E-state index is 0.0842. The van der Waals surface area contributed by atoms with Gasteiger partial charge in [-0.2, -0.15) is 0 Å². The molecule has 7 heteroatoms. The molecule has 3 N–H and O–H groups in total. The fourth-order valence-electron chi connectivity index (χ4n) is 0.736. The minimum Gasteiger partial charge on any atom is -0.476 e. The van der Waals surface area contributed by atoms with Gasteiger partial charge in [-0.1, -0.05) is 6.08 Å². The van der Waals surface area contributed by atoms with Crippen molar-refractivity contribution in [2.24, 2.45) is 0 Å². The molecule has 0 spiro atoms. The fraction of sp³-hybridized carbons (Fsp3) is 0.125. The van der Waals surface area contributed by atoms with Crippen molar-refractivity contribution in [3.05, 3.63) is 23.7 Å². The molecular formula is C8H9N3O3S. The summed E-state index contributed by atoms with van der Waals surface area (Å²) in [6.45, 7) is 3.77. The standard InChI is InChI=1S/C8H9N3O3S/c1-2-3-9-7(14)11-8-10-5(4-15-8)6(12)13/h2,4H,1,3H2,(H,12,13)(H2,9,10,11,14). The topological polar surface area (TPSA) is 91.3 Å². The van der Waals surface area contributed by atoms with Crippen LogP contribution < -0.4 is 10.6 Å². The molecule has 2 amide bonds. The lowest BCUT2D eigenvalue weighted by Crippen LogP contribution is -2.28. The van der Waals surface area contributed by atoms with Crippen LogP contribution in [0.25, 0.3) is 0 Å². The predicted molar refractivity (Wildman–Crippen MR) is 56.3 cm³/mol. The van der Waals surface area contributed by atoms with Crippen molar-refractivity contribution in [2.75, 3.05) is 11.9 Å². The molecule has 0 bridgehead atoms. The molecule has 0 aliphatic carbocycles. The van der Waals surface area contributed by atoms with E-state index in [0.29, 0.717) is 6.54 Å². The van der Waals surface area contributed by atoms with Crippen molar-refractivity contribution < 1.29 is 14.7 Å². The lowest BCUT2D eigenvalue weighted by molar-refractivity contribution is 0.0691. The van der Waals surface area contributed by atoms with E-state index in [9.17, 15) is 9.59 Å². The summed E-state index contributed by atoms with van der Waals surface area (Å²) in [5, 5.41) is 15.0. The van der Waals surface area contributed by atoms with Crippen LogP contribution in [-0.2, 0) is 0 Å². The van der Waals surface area contributed by atoms with Gasteiger partial charge < -0.3 is 10.4 Å². The number of aromatic nitrogens is 1. The zero-order valence-electron chi connectivity index (χ0n) is 7.69. The number of carboxylic acids is 1. The van der Waals surface area contributed by atoms with E-state index in [2.05, 4.69) is 22.2 Å². The SMILES string of the molecule is C=CCNC(=O)Nc1nc(C(=O)O)cs1. The Morgan fingerprint density at radius 1 is 1.67 bits per heavy atom. The van der Waals surface area contributed by atoms with E-state index in [-0.39, 0.29) is 10.8 Å². The molecule has 0 saturated carbocycles. The molecular weight excluding hydrogens is 218 g/mol. The maximum atomic E-state index is 11.1. The van der Waals surface area contributed by atoms with Crippen LogP contribution in [0.2, 0.25) is 0 Å². The molecule has 1 aromatic rings. The Morgan fingerprint density at radius 3 is 2.93 bits per heavy atom. The zero-order chi connectivity index (χ0) is 11.3. The normalized spacial score (nSPS) is 9.33. The number of urea groups is 1. The molecule has 0 aliphatic rings. The number of nitrogens with zero attached hydrogens (tertiary/aromatic N) is 1. The summed E-state index contributed by atoms with van der Waals surface area (Å²) in [5.74, 6) is -1.12. The summed E-state index contributed by atoms with van der Waals surface area (Å²) in [7, 11) is 0. The second-order valence-corrected chi connectivity index (χ2v) is 3.32. The number of carbonyl (C=O) groups excluding carboxylic acids is 1. The third-order valence-corrected chi connectivity index (χ3v) is 2.11. The Labute approximate surface area is 89.6 Å². The lowest BCUT2D eigenvalue weighted by atomic mass is 10.5. The van der Waals surface area contributed by atoms with Gasteiger partial charge in [-0.25, -0.2) is 14.6 Å². The Morgan fingerprint density at radius 2 is 2.40 bits per heavy atom. The van der Waals surface area contributed by atoms with Crippen molar-refractivity contribution in [2.45, 2.75) is 0 Å². The predicted octanol–water partition coefficient (Wildman–Crippen LogP) is 1.15. The van der Waals surface area contributed by atoms with Gasteiger partial charge in [0.1, 0.15) is 0 Å². The van der Waals surface area contributed by atoms with E-state index in [0.717, 1.165) is 11.3 Å². The van der Waals surface area contributed by atoms with Crippen molar-refractivity contribution in [3.8, 4) is 0 Å². The number of nitrogens with one attached hydrogen (secondary N) is 2. The van der Waals surface area contributed by atoms with Crippen LogP contribution in [0, 0.1) is 0 Å². The lowest BCUT2D eigenvalue weighted by Gasteiger charge is -2.01. The van der Waals surface area contributed by atoms with Crippen LogP contribution in [0.1, 0.15) is 10.5 Å². The second kappa shape index (κ2) is 5.11. The maximum Gasteiger partial charge on any atom is 0.355 e. The number of amides is 2. The largest absolute Gasteiger partial charge is 0.476 e. The van der Waals surface area contributed by atoms with Gasteiger partial charge in [-0.05, 0) is 0 Å². The van der Waals surface area contributed by atoms with E-state index in [1.54, 1.807) is 0 Å². The molecule has 0 saturated heterocycles. The molecule has 1 rings (SSSR count). The summed E-state index contributed by atoms with van der Waals surface area (Å²) in [6.07, 6.45) is 1.53. The van der Waals surface area contributed by atoms with Gasteiger partial charge in [0.25, 0.3) is 0 Å². The average Bonchev–Trinajstić information content (AvgIpc) is 2.63. The van der Waals surface area contributed by atoms with Crippen molar-refractivity contribution >= 4 is 28.5 Å². The quantitative estimate of drug-likeness (QED) is 0.673. The van der Waals surface area contributed by atoms with Gasteiger partial charge in [0.15, 0.2) is 10.8 Å². The average molecular weight is 227 g/mol. The molecule has 0 radical (unpaired) electrons. The zero-order valence-corrected chi connectivity index (χ0v) is 8.50. The molecule has 0 aliphatic heterocycles. The molecule has 0 aromatic carbocycles. The van der Waals surface area contributed by atoms with Gasteiger partial charge in [0.2, 0.25) is 0 Å². The molecule has 0 unspecified atom stereocenters. The van der Waals surface area contributed by atoms with Gasteiger partial charge in [-0.15, -0.1) is 17.9 Å². The summed E-state index contributed by atoms with van der Waals surface area (Å²) in [6, 6.07) is -0.443. The number of aromatic carboxylic acids is 1. The van der Waals surface area contributed by atoms with Crippen LogP contribution in [0.15, 0.2) is 18.0 Å². The Kier molecular flexibility index (Phi) is 3.81. The van der Waals surface area contributed by atoms with Crippen LogP contribution in [0.4, 0.5) is 9.93 Å². The van der Waals surface area contributed by atoms with E-state index >= 15 is 0 Å². The molecule has 1 heterocycles. The van der Waals surface area contributed by atoms with Crippen molar-refractivity contribution in [3.63, 3.8) is 0 Å². The molecule has 80 valence electrons. The van der Waals surface area contributed by atoms with Crippen LogP contribution in [0.3, 0.4) is 0 Å². The number of hydrogen-bond acceptors (Lipinski definition) is 4. The van der Waals surface area contributed by atoms with Crippen LogP contribution in [-0.4, -0.2) is 28.6 Å². The number of carboxylic acid groups (broad SMARTS) is 1. The molecule has 6 nitrogen and oxygen atoms in total. The number of carbonyl (C=O) groups is 2. The first kappa shape index (κ1) is 11.2. The molecule has 1 aromatic heterocycles. The molecule has 0 fully saturated rings. The number of rotatable bonds is 4. The first-order chi connectivity index (χ1) is 7.13. The highest BCUT2D eigenvalue weighted by molar-refractivity contribution is 7.14. The Balaban J connectivity index is 2.53. The van der Waals surface area contributed by atoms with Crippen LogP contribution in [0.5, 0.6) is 0 Å². The number of thiazole rings is 1. The highest BCUT2D eigenvalue weighted by Crippen LogP contribution is 2.14. The monoisotopic (exact) mass is 227 g/mol. The highest BCUT2D eigenvalue weighted by Gasteiger charge is 2.09. The van der Waals surface area contributed by atoms with E-state index in [1.807, 2.05) is 0 Å². The third-order valence-electron chi connectivity index (χ3n) is 1.35. The summed E-state index contributed by atoms with van der Waals surface area (Å²) >= 11 is 1.05. The Bertz CT molecular complexity index is 388. The maximum absolute atomic E-state index is 11.1. The van der Waals surface area contributed by atoms with Crippen LogP contribution >= 0.6 is 11.3 Å². The minimum atomic E-state index is -1.12. The summed E-state index contributed by atoms with van der Waals surface area (Å²) in [5.41, 5.74) is -0.0842. The highest BCUT2D eigenvalue weighted by atomic mass is 32.1. The fourth-order valence-corrected chi connectivity index (χ4v) is 1.42. The number of anilines is 1. The smallest absolute Gasteiger partial charge is 0.355 e. The Hall–Kier alpha value is -1.89. The summed E-state index contributed by atoms with van der Waals surface area (Å²) in [4.78, 5) is 25.3. The third kappa shape index (κ3) is 3.39. The number of hydrogen-bond donors (Lipinski definition) is 3.